The molecule has 1 heterocycles. The van der Waals surface area contributed by atoms with Crippen LogP contribution in [0.3, 0.4) is 0 Å². The van der Waals surface area contributed by atoms with Gasteiger partial charge >= 0.3 is 0 Å². The van der Waals surface area contributed by atoms with Crippen molar-refractivity contribution in [3.05, 3.63) is 87.5 Å². The molecule has 0 aliphatic rings. The van der Waals surface area contributed by atoms with Gasteiger partial charge in [0, 0.05) is 23.4 Å². The van der Waals surface area contributed by atoms with Gasteiger partial charge in [0.15, 0.2) is 0 Å². The summed E-state index contributed by atoms with van der Waals surface area (Å²) < 4.78 is 0. The van der Waals surface area contributed by atoms with Crippen LogP contribution in [0.4, 0.5) is 11.4 Å². The molecule has 144 valence electrons. The van der Waals surface area contributed by atoms with E-state index in [1.165, 1.54) is 24.3 Å². The van der Waals surface area contributed by atoms with Gasteiger partial charge in [0.25, 0.3) is 11.6 Å². The number of benzene rings is 3. The summed E-state index contributed by atoms with van der Waals surface area (Å²) in [7, 11) is 0. The lowest BCUT2D eigenvalue weighted by Crippen LogP contribution is -2.12. The van der Waals surface area contributed by atoms with Crippen LogP contribution in [0.15, 0.2) is 60.7 Å². The first-order valence-electron chi connectivity index (χ1n) is 8.91. The lowest BCUT2D eigenvalue weighted by Gasteiger charge is -2.08. The van der Waals surface area contributed by atoms with Gasteiger partial charge in [-0.1, -0.05) is 17.7 Å². The van der Waals surface area contributed by atoms with E-state index in [-0.39, 0.29) is 11.6 Å². The molecule has 0 saturated heterocycles. The number of rotatable bonds is 4. The molecule has 8 heteroatoms. The third kappa shape index (κ3) is 3.68. The van der Waals surface area contributed by atoms with E-state index in [0.29, 0.717) is 16.8 Å². The number of nitro groups is 1. The minimum Gasteiger partial charge on any atom is -0.322 e. The fourth-order valence-corrected chi connectivity index (χ4v) is 2.93. The molecule has 0 unspecified atom stereocenters. The molecule has 4 rings (SSSR count). The minimum atomic E-state index is -0.503. The summed E-state index contributed by atoms with van der Waals surface area (Å²) in [6.45, 7) is 3.88. The zero-order chi connectivity index (χ0) is 20.5. The summed E-state index contributed by atoms with van der Waals surface area (Å²) in [5.74, 6) is -0.353. The molecule has 29 heavy (non-hydrogen) atoms. The number of aryl methyl sites for hydroxylation is 2. The number of carbonyl (C=O) groups excluding carboxylic acids is 1. The minimum absolute atomic E-state index is 0.0631. The van der Waals surface area contributed by atoms with Gasteiger partial charge in [0.05, 0.1) is 10.6 Å². The second kappa shape index (κ2) is 7.16. The third-order valence-corrected chi connectivity index (χ3v) is 4.58. The highest BCUT2D eigenvalue weighted by Crippen LogP contribution is 2.23. The smallest absolute Gasteiger partial charge is 0.269 e. The Morgan fingerprint density at radius 2 is 1.59 bits per heavy atom. The highest BCUT2D eigenvalue weighted by Gasteiger charge is 2.13. The third-order valence-electron chi connectivity index (χ3n) is 4.58. The molecular formula is C21H17N5O3. The van der Waals surface area contributed by atoms with E-state index in [4.69, 9.17) is 0 Å². The Labute approximate surface area is 165 Å². The average molecular weight is 387 g/mol. The van der Waals surface area contributed by atoms with Crippen molar-refractivity contribution in [2.24, 2.45) is 0 Å². The summed E-state index contributed by atoms with van der Waals surface area (Å²) in [5, 5.41) is 22.6. The molecule has 3 aromatic carbocycles. The first-order chi connectivity index (χ1) is 13.9. The maximum Gasteiger partial charge on any atom is 0.269 e. The predicted octanol–water partition coefficient (Wildman–Crippen LogP) is 4.20. The van der Waals surface area contributed by atoms with Crippen LogP contribution >= 0.6 is 0 Å². The molecule has 0 spiro atoms. The van der Waals surface area contributed by atoms with E-state index in [0.717, 1.165) is 22.3 Å². The van der Waals surface area contributed by atoms with Crippen molar-refractivity contribution in [1.82, 2.24) is 15.0 Å². The van der Waals surface area contributed by atoms with E-state index in [2.05, 4.69) is 15.5 Å². The molecule has 0 radical (unpaired) electrons. The molecule has 0 saturated carbocycles. The maximum atomic E-state index is 12.5. The average Bonchev–Trinajstić information content (AvgIpc) is 3.11. The van der Waals surface area contributed by atoms with Gasteiger partial charge in [-0.05, 0) is 55.8 Å². The van der Waals surface area contributed by atoms with Gasteiger partial charge in [-0.2, -0.15) is 4.80 Å². The van der Waals surface area contributed by atoms with Crippen molar-refractivity contribution >= 4 is 28.3 Å². The molecule has 8 nitrogen and oxygen atoms in total. The Hall–Kier alpha value is -4.07. The number of nitro benzene ring substituents is 1. The lowest BCUT2D eigenvalue weighted by atomic mass is 10.1. The van der Waals surface area contributed by atoms with Crippen LogP contribution in [0.1, 0.15) is 21.5 Å². The van der Waals surface area contributed by atoms with Crippen molar-refractivity contribution < 1.29 is 9.72 Å². The van der Waals surface area contributed by atoms with E-state index >= 15 is 0 Å². The Bertz CT molecular complexity index is 1230. The van der Waals surface area contributed by atoms with Gasteiger partial charge in [-0.25, -0.2) is 0 Å². The first kappa shape index (κ1) is 18.3. The molecule has 0 aliphatic heterocycles. The van der Waals surface area contributed by atoms with Gasteiger partial charge < -0.3 is 5.32 Å². The van der Waals surface area contributed by atoms with E-state index in [1.807, 2.05) is 44.2 Å². The van der Waals surface area contributed by atoms with Crippen molar-refractivity contribution in [1.29, 1.82) is 0 Å². The van der Waals surface area contributed by atoms with Gasteiger partial charge in [0.1, 0.15) is 11.0 Å². The second-order valence-corrected chi connectivity index (χ2v) is 6.74. The Morgan fingerprint density at radius 1 is 0.966 bits per heavy atom. The number of hydrogen-bond acceptors (Lipinski definition) is 5. The summed E-state index contributed by atoms with van der Waals surface area (Å²) in [4.78, 5) is 24.3. The van der Waals surface area contributed by atoms with E-state index in [1.54, 1.807) is 10.9 Å². The summed E-state index contributed by atoms with van der Waals surface area (Å²) in [5.41, 5.74) is 5.08. The normalized spacial score (nSPS) is 10.8. The molecule has 1 aromatic heterocycles. The van der Waals surface area contributed by atoms with Crippen LogP contribution in [-0.2, 0) is 0 Å². The maximum absolute atomic E-state index is 12.5. The SMILES string of the molecule is Cc1ccc(-n2nc3cc(C)c(NC(=O)c4ccc([N+](=O)[O-])cc4)cc3n2)cc1. The number of anilines is 1. The number of hydrogen-bond donors (Lipinski definition) is 1. The monoisotopic (exact) mass is 387 g/mol. The van der Waals surface area contributed by atoms with Crippen molar-refractivity contribution in [2.45, 2.75) is 13.8 Å². The van der Waals surface area contributed by atoms with E-state index in [9.17, 15) is 14.9 Å². The number of fused-ring (bicyclic) bond motifs is 1. The van der Waals surface area contributed by atoms with Crippen molar-refractivity contribution in [2.75, 3.05) is 5.32 Å². The molecule has 0 fully saturated rings. The fraction of sp³-hybridized carbons (Fsp3) is 0.0952. The summed E-state index contributed by atoms with van der Waals surface area (Å²) in [6.07, 6.45) is 0. The first-order valence-corrected chi connectivity index (χ1v) is 8.91. The number of amides is 1. The molecular weight excluding hydrogens is 370 g/mol. The van der Waals surface area contributed by atoms with Crippen LogP contribution < -0.4 is 5.32 Å². The Kier molecular flexibility index (Phi) is 4.52. The standard InChI is InChI=1S/C21H17N5O3/c1-13-3-7-16(8-4-13)25-23-19-11-14(2)18(12-20(19)24-25)22-21(27)15-5-9-17(10-6-15)26(28)29/h3-12H,1-2H3,(H,22,27). The van der Waals surface area contributed by atoms with E-state index < -0.39 is 4.92 Å². The molecule has 4 aromatic rings. The Morgan fingerprint density at radius 3 is 2.21 bits per heavy atom. The summed E-state index contributed by atoms with van der Waals surface area (Å²) >= 11 is 0. The zero-order valence-electron chi connectivity index (χ0n) is 15.8. The highest BCUT2D eigenvalue weighted by molar-refractivity contribution is 6.05. The van der Waals surface area contributed by atoms with Crippen LogP contribution in [0.25, 0.3) is 16.7 Å². The number of nitrogens with one attached hydrogen (secondary N) is 1. The molecule has 0 bridgehead atoms. The fourth-order valence-electron chi connectivity index (χ4n) is 2.93. The molecule has 1 amide bonds. The van der Waals surface area contributed by atoms with Crippen LogP contribution in [-0.4, -0.2) is 25.8 Å². The van der Waals surface area contributed by atoms with Crippen LogP contribution in [0.5, 0.6) is 0 Å². The zero-order valence-corrected chi connectivity index (χ0v) is 15.8. The highest BCUT2D eigenvalue weighted by atomic mass is 16.6. The van der Waals surface area contributed by atoms with Gasteiger partial charge in [0.2, 0.25) is 0 Å². The second-order valence-electron chi connectivity index (χ2n) is 6.74. The molecule has 0 atom stereocenters. The van der Waals surface area contributed by atoms with Crippen LogP contribution in [0, 0.1) is 24.0 Å². The number of aromatic nitrogens is 3. The quantitative estimate of drug-likeness (QED) is 0.418. The number of nitrogens with zero attached hydrogens (tertiary/aromatic N) is 4. The number of carbonyl (C=O) groups is 1. The van der Waals surface area contributed by atoms with Crippen LogP contribution in [0.2, 0.25) is 0 Å². The van der Waals surface area contributed by atoms with Crippen molar-refractivity contribution in [3.8, 4) is 5.69 Å². The lowest BCUT2D eigenvalue weighted by molar-refractivity contribution is -0.384. The van der Waals surface area contributed by atoms with Gasteiger partial charge in [-0.3, -0.25) is 14.9 Å². The largest absolute Gasteiger partial charge is 0.322 e. The summed E-state index contributed by atoms with van der Waals surface area (Å²) in [6, 6.07) is 17.0. The topological polar surface area (TPSA) is 103 Å². The molecule has 0 aliphatic carbocycles. The Balaban J connectivity index is 1.61. The van der Waals surface area contributed by atoms with Gasteiger partial charge in [-0.15, -0.1) is 10.2 Å². The molecule has 1 N–H and O–H groups in total. The van der Waals surface area contributed by atoms with Crippen molar-refractivity contribution in [3.63, 3.8) is 0 Å². The number of non-ortho nitro benzene ring substituents is 1. The predicted molar refractivity (Wildman–Crippen MR) is 109 cm³/mol.